The summed E-state index contributed by atoms with van der Waals surface area (Å²) >= 11 is 3.38. The fraction of sp³-hybridized carbons (Fsp3) is 0.429. The van der Waals surface area contributed by atoms with Crippen LogP contribution in [0.1, 0.15) is 29.8 Å². The smallest absolute Gasteiger partial charge is 0.223 e. The van der Waals surface area contributed by atoms with Gasteiger partial charge in [-0.2, -0.15) is 0 Å². The molecule has 3 nitrogen and oxygen atoms in total. The Hall–Kier alpha value is -1.20. The molecule has 0 radical (unpaired) electrons. The Morgan fingerprint density at radius 1 is 1.53 bits per heavy atom. The highest BCUT2D eigenvalue weighted by atomic mass is 32.1. The van der Waals surface area contributed by atoms with Crippen molar-refractivity contribution in [2.75, 3.05) is 0 Å². The van der Waals surface area contributed by atoms with Crippen molar-refractivity contribution in [2.24, 2.45) is 5.92 Å². The Balaban J connectivity index is 1.66. The van der Waals surface area contributed by atoms with Gasteiger partial charge in [-0.15, -0.1) is 22.7 Å². The Kier molecular flexibility index (Phi) is 3.66. The molecule has 0 atom stereocenters. The summed E-state index contributed by atoms with van der Waals surface area (Å²) in [5, 5.41) is 6.15. The molecule has 1 aliphatic carbocycles. The van der Waals surface area contributed by atoms with Crippen molar-refractivity contribution in [3.63, 3.8) is 0 Å². The summed E-state index contributed by atoms with van der Waals surface area (Å²) in [6.45, 7) is 2.63. The van der Waals surface area contributed by atoms with Crippen LogP contribution in [0, 0.1) is 12.8 Å². The van der Waals surface area contributed by atoms with Crippen LogP contribution < -0.4 is 5.32 Å². The molecule has 0 aromatic carbocycles. The van der Waals surface area contributed by atoms with E-state index in [-0.39, 0.29) is 11.8 Å². The summed E-state index contributed by atoms with van der Waals surface area (Å²) in [4.78, 5) is 18.8. The number of rotatable bonds is 4. The fourth-order valence-electron chi connectivity index (χ4n) is 2.08. The molecule has 2 heterocycles. The lowest BCUT2D eigenvalue weighted by Crippen LogP contribution is -2.33. The lowest BCUT2D eigenvalue weighted by Gasteiger charge is -2.23. The number of carbonyl (C=O) groups excluding carboxylic acids is 1. The molecule has 0 aliphatic heterocycles. The normalized spacial score (nSPS) is 15.2. The van der Waals surface area contributed by atoms with E-state index >= 15 is 0 Å². The van der Waals surface area contributed by atoms with Crippen LogP contribution in [0.5, 0.6) is 0 Å². The highest BCUT2D eigenvalue weighted by Crippen LogP contribution is 2.31. The van der Waals surface area contributed by atoms with E-state index < -0.39 is 0 Å². The van der Waals surface area contributed by atoms with Gasteiger partial charge in [-0.3, -0.25) is 4.79 Å². The number of nitrogens with one attached hydrogen (secondary N) is 1. The van der Waals surface area contributed by atoms with Gasteiger partial charge in [0.2, 0.25) is 5.91 Å². The average molecular weight is 292 g/mol. The van der Waals surface area contributed by atoms with Crippen molar-refractivity contribution < 1.29 is 4.79 Å². The van der Waals surface area contributed by atoms with Gasteiger partial charge >= 0.3 is 0 Å². The molecule has 1 aliphatic rings. The summed E-state index contributed by atoms with van der Waals surface area (Å²) < 4.78 is 0. The van der Waals surface area contributed by atoms with Crippen molar-refractivity contribution in [2.45, 2.75) is 32.7 Å². The largest absolute Gasteiger partial charge is 0.351 e. The first-order valence-corrected chi connectivity index (χ1v) is 8.21. The number of hydrogen-bond acceptors (Lipinski definition) is 4. The Bertz CT molecular complexity index is 570. The Morgan fingerprint density at radius 2 is 2.37 bits per heavy atom. The van der Waals surface area contributed by atoms with E-state index in [1.165, 1.54) is 11.3 Å². The van der Waals surface area contributed by atoms with Gasteiger partial charge in [0.25, 0.3) is 0 Å². The number of hydrogen-bond donors (Lipinski definition) is 1. The second kappa shape index (κ2) is 5.43. The minimum atomic E-state index is 0.205. The van der Waals surface area contributed by atoms with Gasteiger partial charge in [0, 0.05) is 10.8 Å². The van der Waals surface area contributed by atoms with E-state index in [9.17, 15) is 4.79 Å². The van der Waals surface area contributed by atoms with Gasteiger partial charge in [0.15, 0.2) is 0 Å². The average Bonchev–Trinajstić information content (AvgIpc) is 2.93. The van der Waals surface area contributed by atoms with E-state index in [0.717, 1.165) is 28.4 Å². The predicted octanol–water partition coefficient (Wildman–Crippen LogP) is 3.60. The molecule has 5 heteroatoms. The highest BCUT2D eigenvalue weighted by Gasteiger charge is 2.25. The van der Waals surface area contributed by atoms with Crippen molar-refractivity contribution in [3.05, 3.63) is 28.1 Å². The summed E-state index contributed by atoms with van der Waals surface area (Å²) in [6, 6.07) is 4.12. The summed E-state index contributed by atoms with van der Waals surface area (Å²) in [5.74, 6) is 0.460. The SMILES string of the molecule is Cc1nc(-c2cccs2)sc1CNC(=O)C1CCC1. The first-order valence-electron chi connectivity index (χ1n) is 6.52. The zero-order valence-corrected chi connectivity index (χ0v) is 12.4. The zero-order chi connectivity index (χ0) is 13.2. The maximum atomic E-state index is 11.8. The maximum absolute atomic E-state index is 11.8. The number of carbonyl (C=O) groups is 1. The summed E-state index contributed by atoms with van der Waals surface area (Å²) in [5.41, 5.74) is 1.03. The molecule has 0 spiro atoms. The van der Waals surface area contributed by atoms with Gasteiger partial charge < -0.3 is 5.32 Å². The molecule has 0 bridgehead atoms. The standard InChI is InChI=1S/C14H16N2OS2/c1-9-12(8-15-13(17)10-4-2-5-10)19-14(16-9)11-6-3-7-18-11/h3,6-7,10H,2,4-5,8H2,1H3,(H,15,17). The second-order valence-electron chi connectivity index (χ2n) is 4.85. The lowest BCUT2D eigenvalue weighted by atomic mass is 9.85. The van der Waals surface area contributed by atoms with Crippen LogP contribution in [0.3, 0.4) is 0 Å². The van der Waals surface area contributed by atoms with Gasteiger partial charge in [-0.25, -0.2) is 4.98 Å². The lowest BCUT2D eigenvalue weighted by molar-refractivity contribution is -0.127. The van der Waals surface area contributed by atoms with E-state index in [4.69, 9.17) is 0 Å². The molecule has 1 fully saturated rings. The number of aromatic nitrogens is 1. The van der Waals surface area contributed by atoms with Gasteiger partial charge in [-0.1, -0.05) is 12.5 Å². The molecule has 19 heavy (non-hydrogen) atoms. The van der Waals surface area contributed by atoms with Gasteiger partial charge in [0.1, 0.15) is 5.01 Å². The van der Waals surface area contributed by atoms with Crippen LogP contribution in [0.25, 0.3) is 9.88 Å². The van der Waals surface area contributed by atoms with Gasteiger partial charge in [0.05, 0.1) is 17.1 Å². The molecule has 1 saturated carbocycles. The van der Waals surface area contributed by atoms with Crippen LogP contribution in [-0.4, -0.2) is 10.9 Å². The molecule has 0 saturated heterocycles. The highest BCUT2D eigenvalue weighted by molar-refractivity contribution is 7.21. The van der Waals surface area contributed by atoms with Crippen LogP contribution >= 0.6 is 22.7 Å². The zero-order valence-electron chi connectivity index (χ0n) is 10.8. The molecule has 1 amide bonds. The predicted molar refractivity (Wildman–Crippen MR) is 79.4 cm³/mol. The minimum Gasteiger partial charge on any atom is -0.351 e. The first-order chi connectivity index (χ1) is 9.24. The van der Waals surface area contributed by atoms with E-state index in [1.54, 1.807) is 22.7 Å². The summed E-state index contributed by atoms with van der Waals surface area (Å²) in [6.07, 6.45) is 3.29. The van der Waals surface area contributed by atoms with Crippen LogP contribution in [0.15, 0.2) is 17.5 Å². The van der Waals surface area contributed by atoms with E-state index in [2.05, 4.69) is 21.7 Å². The van der Waals surface area contributed by atoms with Crippen molar-refractivity contribution in [1.29, 1.82) is 0 Å². The molecule has 1 N–H and O–H groups in total. The fourth-order valence-corrected chi connectivity index (χ4v) is 3.88. The molecule has 0 unspecified atom stereocenters. The molecular weight excluding hydrogens is 276 g/mol. The summed E-state index contributed by atoms with van der Waals surface area (Å²) in [7, 11) is 0. The number of thiophene rings is 1. The Morgan fingerprint density at radius 3 is 3.00 bits per heavy atom. The van der Waals surface area contributed by atoms with Crippen LogP contribution in [0.2, 0.25) is 0 Å². The first kappa shape index (κ1) is 12.8. The number of amides is 1. The van der Waals surface area contributed by atoms with Gasteiger partial charge in [-0.05, 0) is 31.2 Å². The number of aryl methyl sites for hydroxylation is 1. The monoisotopic (exact) mass is 292 g/mol. The van der Waals surface area contributed by atoms with Crippen molar-refractivity contribution in [3.8, 4) is 9.88 Å². The third kappa shape index (κ3) is 2.72. The minimum absolute atomic E-state index is 0.205. The van der Waals surface area contributed by atoms with E-state index in [1.807, 2.05) is 13.0 Å². The molecular formula is C14H16N2OS2. The quantitative estimate of drug-likeness (QED) is 0.935. The van der Waals surface area contributed by atoms with Crippen LogP contribution in [0.4, 0.5) is 0 Å². The number of thiazole rings is 1. The third-order valence-electron chi connectivity index (χ3n) is 3.52. The number of nitrogens with zero attached hydrogens (tertiary/aromatic N) is 1. The topological polar surface area (TPSA) is 42.0 Å². The Labute approximate surface area is 120 Å². The third-order valence-corrected chi connectivity index (χ3v) is 5.72. The van der Waals surface area contributed by atoms with Crippen molar-refractivity contribution >= 4 is 28.6 Å². The van der Waals surface area contributed by atoms with E-state index in [0.29, 0.717) is 6.54 Å². The molecule has 3 rings (SSSR count). The maximum Gasteiger partial charge on any atom is 0.223 e. The molecule has 100 valence electrons. The second-order valence-corrected chi connectivity index (χ2v) is 6.88. The molecule has 2 aromatic heterocycles. The van der Waals surface area contributed by atoms with Crippen molar-refractivity contribution in [1.82, 2.24) is 10.3 Å². The molecule has 2 aromatic rings. The van der Waals surface area contributed by atoms with Crippen LogP contribution in [-0.2, 0) is 11.3 Å².